The van der Waals surface area contributed by atoms with Crippen LogP contribution in [-0.4, -0.2) is 36.5 Å². The molecule has 0 fully saturated rings. The van der Waals surface area contributed by atoms with Crippen molar-refractivity contribution in [1.82, 2.24) is 14.8 Å². The van der Waals surface area contributed by atoms with Crippen LogP contribution in [0.25, 0.3) is 0 Å². The second-order valence-corrected chi connectivity index (χ2v) is 8.91. The number of thioether (sulfide) groups is 1. The van der Waals surface area contributed by atoms with Crippen LogP contribution in [0, 0.1) is 10.1 Å². The van der Waals surface area contributed by atoms with Gasteiger partial charge in [-0.2, -0.15) is 4.98 Å². The first-order valence-electron chi connectivity index (χ1n) is 10.6. The average molecular weight is 478 g/mol. The van der Waals surface area contributed by atoms with Crippen molar-refractivity contribution in [2.24, 2.45) is 0 Å². The van der Waals surface area contributed by atoms with E-state index < -0.39 is 16.9 Å². The summed E-state index contributed by atoms with van der Waals surface area (Å²) in [5, 5.41) is 29.1. The number of ketones is 1. The lowest BCUT2D eigenvalue weighted by Crippen LogP contribution is -2.31. The number of aromatic carboxylic acids is 1. The number of rotatable bonds is 6. The van der Waals surface area contributed by atoms with Crippen LogP contribution in [0.5, 0.6) is 0 Å². The number of nitro benzene ring substituents is 1. The first-order valence-corrected chi connectivity index (χ1v) is 11.6. The largest absolute Gasteiger partial charge is 0.478 e. The Hall–Kier alpha value is -3.99. The van der Waals surface area contributed by atoms with Crippen molar-refractivity contribution < 1.29 is 19.6 Å². The highest BCUT2D eigenvalue weighted by Gasteiger charge is 2.39. The SMILES string of the molecule is O=C1CCCC2=C1[C@H](c1ccccc1[N+](=O)[O-])n1nc(SCc3ccc(C(=O)O)cc3)nc1N2. The Morgan fingerprint density at radius 2 is 1.97 bits per heavy atom. The van der Waals surface area contributed by atoms with Crippen LogP contribution in [-0.2, 0) is 10.5 Å². The molecule has 1 aromatic heterocycles. The summed E-state index contributed by atoms with van der Waals surface area (Å²) in [6.45, 7) is 0. The number of aromatic nitrogens is 3. The number of nitrogens with zero attached hydrogens (tertiary/aromatic N) is 4. The van der Waals surface area contributed by atoms with E-state index in [1.165, 1.54) is 17.8 Å². The molecule has 2 N–H and O–H groups in total. The predicted octanol–water partition coefficient (Wildman–Crippen LogP) is 4.20. The lowest BCUT2D eigenvalue weighted by Gasteiger charge is -2.31. The maximum Gasteiger partial charge on any atom is 0.335 e. The number of carboxylic acids is 1. The molecule has 0 unspecified atom stereocenters. The molecule has 0 saturated carbocycles. The van der Waals surface area contributed by atoms with Crippen molar-refractivity contribution in [3.05, 3.63) is 86.6 Å². The van der Waals surface area contributed by atoms with E-state index in [0.29, 0.717) is 47.3 Å². The summed E-state index contributed by atoms with van der Waals surface area (Å²) in [4.78, 5) is 39.8. The van der Waals surface area contributed by atoms with E-state index in [0.717, 1.165) is 11.3 Å². The molecule has 2 heterocycles. The molecular weight excluding hydrogens is 458 g/mol. The number of hydrogen-bond donors (Lipinski definition) is 2. The first kappa shape index (κ1) is 21.8. The smallest absolute Gasteiger partial charge is 0.335 e. The van der Waals surface area contributed by atoms with Gasteiger partial charge in [0.05, 0.1) is 16.1 Å². The van der Waals surface area contributed by atoms with Crippen LogP contribution in [0.3, 0.4) is 0 Å². The Morgan fingerprint density at radius 1 is 1.21 bits per heavy atom. The molecule has 10 nitrogen and oxygen atoms in total. The number of carbonyl (C=O) groups is 2. The van der Waals surface area contributed by atoms with Gasteiger partial charge in [0, 0.05) is 29.5 Å². The molecule has 0 amide bonds. The van der Waals surface area contributed by atoms with Crippen LogP contribution >= 0.6 is 11.8 Å². The van der Waals surface area contributed by atoms with Crippen LogP contribution < -0.4 is 5.32 Å². The standard InChI is InChI=1S/C23H19N5O5S/c29-18-7-3-5-16-19(18)20(15-4-1-2-6-17(15)28(32)33)27-22(24-16)25-23(26-27)34-12-13-8-10-14(11-9-13)21(30)31/h1-2,4,6,8-11,20H,3,5,7,12H2,(H,30,31)(H,24,25,26)/t20-/m0/s1. The van der Waals surface area contributed by atoms with Crippen molar-refractivity contribution in [3.63, 3.8) is 0 Å². The molecule has 3 aromatic rings. The van der Waals surface area contributed by atoms with Gasteiger partial charge in [-0.1, -0.05) is 36.0 Å². The maximum atomic E-state index is 12.9. The van der Waals surface area contributed by atoms with Crippen LogP contribution in [0.2, 0.25) is 0 Å². The number of Topliss-reactive ketones (excluding diaryl/α,β-unsaturated/α-hetero) is 1. The number of hydrogen-bond acceptors (Lipinski definition) is 8. The highest BCUT2D eigenvalue weighted by Crippen LogP contribution is 2.43. The third-order valence-electron chi connectivity index (χ3n) is 5.85. The van der Waals surface area contributed by atoms with Gasteiger partial charge in [-0.05, 0) is 36.6 Å². The molecule has 2 aromatic carbocycles. The van der Waals surface area contributed by atoms with Crippen LogP contribution in [0.15, 0.2) is 65.0 Å². The average Bonchev–Trinajstić information content (AvgIpc) is 3.24. The third-order valence-corrected chi connectivity index (χ3v) is 6.75. The molecule has 2 aliphatic rings. The summed E-state index contributed by atoms with van der Waals surface area (Å²) in [7, 11) is 0. The van der Waals surface area contributed by atoms with Crippen molar-refractivity contribution >= 4 is 35.2 Å². The van der Waals surface area contributed by atoms with Gasteiger partial charge in [0.15, 0.2) is 5.78 Å². The number of anilines is 1. The number of fused-ring (bicyclic) bond motifs is 1. The normalized spacial score (nSPS) is 17.1. The van der Waals surface area contributed by atoms with Crippen molar-refractivity contribution in [2.75, 3.05) is 5.32 Å². The Labute approximate surface area is 197 Å². The highest BCUT2D eigenvalue weighted by molar-refractivity contribution is 7.98. The van der Waals surface area contributed by atoms with Gasteiger partial charge in [-0.15, -0.1) is 5.10 Å². The zero-order chi connectivity index (χ0) is 23.8. The number of para-hydroxylation sites is 1. The van der Waals surface area contributed by atoms with E-state index in [-0.39, 0.29) is 17.0 Å². The summed E-state index contributed by atoms with van der Waals surface area (Å²) < 4.78 is 1.56. The van der Waals surface area contributed by atoms with Gasteiger partial charge < -0.3 is 10.4 Å². The zero-order valence-electron chi connectivity index (χ0n) is 17.8. The predicted molar refractivity (Wildman–Crippen MR) is 124 cm³/mol. The minimum atomic E-state index is -0.985. The van der Waals surface area contributed by atoms with Crippen molar-refractivity contribution in [3.8, 4) is 0 Å². The van der Waals surface area contributed by atoms with E-state index in [9.17, 15) is 19.7 Å². The Kier molecular flexibility index (Phi) is 5.62. The number of carboxylic acid groups (broad SMARTS) is 1. The minimum absolute atomic E-state index is 0.0502. The number of benzene rings is 2. The minimum Gasteiger partial charge on any atom is -0.478 e. The van der Waals surface area contributed by atoms with E-state index in [4.69, 9.17) is 5.11 Å². The second-order valence-electron chi connectivity index (χ2n) is 7.97. The summed E-state index contributed by atoms with van der Waals surface area (Å²) >= 11 is 1.36. The third kappa shape index (κ3) is 3.94. The number of carbonyl (C=O) groups excluding carboxylic acids is 1. The molecule has 0 spiro atoms. The molecule has 0 radical (unpaired) electrons. The molecule has 11 heteroatoms. The molecule has 34 heavy (non-hydrogen) atoms. The molecule has 1 aliphatic carbocycles. The Balaban J connectivity index is 1.50. The molecule has 1 aliphatic heterocycles. The summed E-state index contributed by atoms with van der Waals surface area (Å²) in [5.41, 5.74) is 2.66. The van der Waals surface area contributed by atoms with Crippen LogP contribution in [0.1, 0.15) is 46.8 Å². The Bertz CT molecular complexity index is 1350. The van der Waals surface area contributed by atoms with Gasteiger partial charge in [0.1, 0.15) is 6.04 Å². The van der Waals surface area contributed by atoms with E-state index >= 15 is 0 Å². The molecule has 172 valence electrons. The van der Waals surface area contributed by atoms with Crippen molar-refractivity contribution in [1.29, 1.82) is 0 Å². The molecular formula is C23H19N5O5S. The summed E-state index contributed by atoms with van der Waals surface area (Å²) in [6, 6.07) is 12.2. The van der Waals surface area contributed by atoms with Gasteiger partial charge in [0.25, 0.3) is 5.69 Å². The molecule has 0 bridgehead atoms. The quantitative estimate of drug-likeness (QED) is 0.303. The van der Waals surface area contributed by atoms with E-state index in [1.807, 2.05) is 0 Å². The fourth-order valence-corrected chi connectivity index (χ4v) is 5.05. The van der Waals surface area contributed by atoms with Gasteiger partial charge in [-0.3, -0.25) is 14.9 Å². The second kappa shape index (κ2) is 8.75. The monoisotopic (exact) mass is 477 g/mol. The molecule has 0 saturated heterocycles. The number of nitrogens with one attached hydrogen (secondary N) is 1. The lowest BCUT2D eigenvalue weighted by atomic mass is 9.85. The number of allylic oxidation sites excluding steroid dienone is 2. The zero-order valence-corrected chi connectivity index (χ0v) is 18.6. The molecule has 1 atom stereocenters. The lowest BCUT2D eigenvalue weighted by molar-refractivity contribution is -0.385. The van der Waals surface area contributed by atoms with Crippen LogP contribution in [0.4, 0.5) is 11.6 Å². The maximum absolute atomic E-state index is 12.9. The van der Waals surface area contributed by atoms with Gasteiger partial charge >= 0.3 is 5.97 Å². The molecule has 5 rings (SSSR count). The highest BCUT2D eigenvalue weighted by atomic mass is 32.2. The van der Waals surface area contributed by atoms with E-state index in [2.05, 4.69) is 15.4 Å². The fraction of sp³-hybridized carbons (Fsp3) is 0.217. The van der Waals surface area contributed by atoms with Gasteiger partial charge in [0.2, 0.25) is 11.1 Å². The first-order chi connectivity index (χ1) is 16.4. The van der Waals surface area contributed by atoms with Gasteiger partial charge in [-0.25, -0.2) is 9.48 Å². The van der Waals surface area contributed by atoms with Crippen molar-refractivity contribution in [2.45, 2.75) is 36.2 Å². The summed E-state index contributed by atoms with van der Waals surface area (Å²) in [6.07, 6.45) is 1.75. The summed E-state index contributed by atoms with van der Waals surface area (Å²) in [5.74, 6) is -0.0992. The topological polar surface area (TPSA) is 140 Å². The fourth-order valence-electron chi connectivity index (χ4n) is 4.26. The Morgan fingerprint density at radius 3 is 2.71 bits per heavy atom. The number of nitro groups is 1. The van der Waals surface area contributed by atoms with E-state index in [1.54, 1.807) is 47.1 Å².